The van der Waals surface area contributed by atoms with Crippen molar-refractivity contribution in [2.24, 2.45) is 5.73 Å². The van der Waals surface area contributed by atoms with E-state index in [2.05, 4.69) is 25.6 Å². The maximum absolute atomic E-state index is 12.6. The van der Waals surface area contributed by atoms with E-state index < -0.39 is 5.91 Å². The lowest BCUT2D eigenvalue weighted by Gasteiger charge is -2.09. The lowest BCUT2D eigenvalue weighted by molar-refractivity contribution is -0.121. The molecule has 4 N–H and O–H groups in total. The van der Waals surface area contributed by atoms with Crippen molar-refractivity contribution in [1.29, 1.82) is 0 Å². The number of aromatic nitrogens is 5. The summed E-state index contributed by atoms with van der Waals surface area (Å²) in [6, 6.07) is 0. The van der Waals surface area contributed by atoms with Gasteiger partial charge in [0.25, 0.3) is 11.5 Å². The van der Waals surface area contributed by atoms with Crippen LogP contribution in [0.15, 0.2) is 11.0 Å². The number of hydrogen-bond donors (Lipinski definition) is 3. The highest BCUT2D eigenvalue weighted by Gasteiger charge is 2.19. The van der Waals surface area contributed by atoms with Crippen molar-refractivity contribution in [3.63, 3.8) is 0 Å². The van der Waals surface area contributed by atoms with Gasteiger partial charge in [0.05, 0.1) is 11.6 Å². The van der Waals surface area contributed by atoms with Crippen LogP contribution < -0.4 is 16.6 Å². The van der Waals surface area contributed by atoms with Crippen molar-refractivity contribution in [2.45, 2.75) is 57.9 Å². The molecule has 0 fully saturated rings. The highest BCUT2D eigenvalue weighted by atomic mass is 32.1. The first-order chi connectivity index (χ1) is 15.0. The van der Waals surface area contributed by atoms with Gasteiger partial charge in [0, 0.05) is 30.8 Å². The van der Waals surface area contributed by atoms with E-state index in [0.717, 1.165) is 48.7 Å². The molecule has 3 aromatic heterocycles. The second kappa shape index (κ2) is 9.38. The van der Waals surface area contributed by atoms with Crippen LogP contribution in [-0.4, -0.2) is 43.3 Å². The Hall–Kier alpha value is -3.08. The molecule has 10 nitrogen and oxygen atoms in total. The lowest BCUT2D eigenvalue weighted by atomic mass is 9.97. The van der Waals surface area contributed by atoms with Gasteiger partial charge < -0.3 is 16.0 Å². The Morgan fingerprint density at radius 1 is 1.26 bits per heavy atom. The third-order valence-corrected chi connectivity index (χ3v) is 6.58. The van der Waals surface area contributed by atoms with Gasteiger partial charge in [-0.2, -0.15) is 0 Å². The van der Waals surface area contributed by atoms with Crippen LogP contribution in [0.25, 0.3) is 10.2 Å². The second-order valence-electron chi connectivity index (χ2n) is 7.69. The molecule has 2 amide bonds. The number of hydrogen-bond acceptors (Lipinski definition) is 7. The number of unbranched alkanes of at least 4 members (excludes halogenated alkanes) is 1. The number of nitrogens with one attached hydrogen (secondary N) is 2. The van der Waals surface area contributed by atoms with Crippen molar-refractivity contribution in [2.75, 3.05) is 6.54 Å². The van der Waals surface area contributed by atoms with Crippen LogP contribution in [-0.2, 0) is 30.6 Å². The molecule has 11 heteroatoms. The van der Waals surface area contributed by atoms with Crippen LogP contribution >= 0.6 is 11.3 Å². The summed E-state index contributed by atoms with van der Waals surface area (Å²) in [4.78, 5) is 45.2. The number of thiophene rings is 1. The van der Waals surface area contributed by atoms with Crippen molar-refractivity contribution in [1.82, 2.24) is 30.3 Å². The van der Waals surface area contributed by atoms with Crippen LogP contribution in [0.5, 0.6) is 0 Å². The average Bonchev–Trinajstić information content (AvgIpc) is 3.36. The molecule has 4 rings (SSSR count). The highest BCUT2D eigenvalue weighted by Crippen LogP contribution is 2.33. The van der Waals surface area contributed by atoms with Crippen LogP contribution in [0.2, 0.25) is 0 Å². The number of aromatic amines is 1. The number of rotatable bonds is 9. The van der Waals surface area contributed by atoms with E-state index in [4.69, 9.17) is 5.73 Å². The highest BCUT2D eigenvalue weighted by molar-refractivity contribution is 7.18. The molecule has 0 atom stereocenters. The molecule has 164 valence electrons. The second-order valence-corrected chi connectivity index (χ2v) is 8.78. The van der Waals surface area contributed by atoms with Gasteiger partial charge in [-0.15, -0.1) is 16.4 Å². The molecule has 0 radical (unpaired) electrons. The molecular weight excluding hydrogens is 418 g/mol. The Kier molecular flexibility index (Phi) is 6.40. The van der Waals surface area contributed by atoms with E-state index in [-0.39, 0.29) is 23.6 Å². The number of aryl methyl sites for hydroxylation is 4. The minimum Gasteiger partial charge on any atom is -0.364 e. The first-order valence-electron chi connectivity index (χ1n) is 10.5. The van der Waals surface area contributed by atoms with Gasteiger partial charge in [-0.3, -0.25) is 19.1 Å². The zero-order valence-corrected chi connectivity index (χ0v) is 18.0. The summed E-state index contributed by atoms with van der Waals surface area (Å²) in [5, 5.41) is 11.1. The standard InChI is InChI=1S/C20H25N7O3S/c21-18(29)13-11-27(26-25-13)10-4-3-9-22-16(28)8-7-15-23-19(30)17-12-5-1-2-6-14(12)31-20(17)24-15/h11H,1-10H2,(H2,21,29)(H,22,28)(H,23,24,30). The predicted molar refractivity (Wildman–Crippen MR) is 116 cm³/mol. The van der Waals surface area contributed by atoms with Gasteiger partial charge in [0.1, 0.15) is 10.7 Å². The molecular formula is C20H25N7O3S. The minimum absolute atomic E-state index is 0.0787. The van der Waals surface area contributed by atoms with E-state index in [9.17, 15) is 14.4 Å². The molecule has 0 spiro atoms. The molecule has 0 unspecified atom stereocenters. The molecule has 3 heterocycles. The SMILES string of the molecule is NC(=O)c1cn(CCCCNC(=O)CCc2nc3sc4c(c3c(=O)[nH]2)CCCC4)nn1. The van der Waals surface area contributed by atoms with Gasteiger partial charge in [-0.05, 0) is 44.1 Å². The zero-order chi connectivity index (χ0) is 21.8. The van der Waals surface area contributed by atoms with E-state index >= 15 is 0 Å². The average molecular weight is 444 g/mol. The van der Waals surface area contributed by atoms with Gasteiger partial charge in [0.2, 0.25) is 5.91 Å². The van der Waals surface area contributed by atoms with E-state index in [1.165, 1.54) is 16.6 Å². The Morgan fingerprint density at radius 2 is 2.10 bits per heavy atom. The van der Waals surface area contributed by atoms with Crippen LogP contribution in [0.1, 0.15) is 58.9 Å². The normalized spacial score (nSPS) is 13.3. The Morgan fingerprint density at radius 3 is 2.90 bits per heavy atom. The maximum atomic E-state index is 12.6. The van der Waals surface area contributed by atoms with Crippen molar-refractivity contribution < 1.29 is 9.59 Å². The first kappa shape index (κ1) is 21.2. The molecule has 0 bridgehead atoms. The van der Waals surface area contributed by atoms with Gasteiger partial charge >= 0.3 is 0 Å². The Bertz CT molecular complexity index is 1160. The monoisotopic (exact) mass is 443 g/mol. The summed E-state index contributed by atoms with van der Waals surface area (Å²) in [7, 11) is 0. The molecule has 0 saturated heterocycles. The minimum atomic E-state index is -0.604. The van der Waals surface area contributed by atoms with Crippen molar-refractivity contribution in [3.8, 4) is 0 Å². The van der Waals surface area contributed by atoms with E-state index in [1.807, 2.05) is 0 Å². The fourth-order valence-electron chi connectivity index (χ4n) is 3.79. The number of carbonyl (C=O) groups excluding carboxylic acids is 2. The molecule has 0 aliphatic heterocycles. The summed E-state index contributed by atoms with van der Waals surface area (Å²) in [6.07, 6.45) is 7.97. The smallest absolute Gasteiger partial charge is 0.270 e. The molecule has 3 aromatic rings. The number of primary amides is 1. The molecule has 0 saturated carbocycles. The van der Waals surface area contributed by atoms with Gasteiger partial charge in [-0.25, -0.2) is 4.98 Å². The molecule has 1 aliphatic rings. The number of nitrogens with two attached hydrogens (primary N) is 1. The summed E-state index contributed by atoms with van der Waals surface area (Å²) in [6.45, 7) is 1.13. The molecule has 1 aliphatic carbocycles. The van der Waals surface area contributed by atoms with Crippen molar-refractivity contribution >= 4 is 33.4 Å². The number of H-pyrrole nitrogens is 1. The fraction of sp³-hybridized carbons (Fsp3) is 0.500. The topological polar surface area (TPSA) is 149 Å². The summed E-state index contributed by atoms with van der Waals surface area (Å²) < 4.78 is 1.56. The third kappa shape index (κ3) is 4.98. The van der Waals surface area contributed by atoms with Crippen molar-refractivity contribution in [3.05, 3.63) is 38.5 Å². The fourth-order valence-corrected chi connectivity index (χ4v) is 5.08. The van der Waals surface area contributed by atoms with Gasteiger partial charge in [0.15, 0.2) is 5.69 Å². The summed E-state index contributed by atoms with van der Waals surface area (Å²) in [5.41, 5.74) is 6.36. The number of fused-ring (bicyclic) bond motifs is 3. The number of amides is 2. The quantitative estimate of drug-likeness (QED) is 0.421. The molecule has 0 aromatic carbocycles. The number of nitrogens with zero attached hydrogens (tertiary/aromatic N) is 4. The lowest BCUT2D eigenvalue weighted by Crippen LogP contribution is -2.25. The Balaban J connectivity index is 1.22. The summed E-state index contributed by atoms with van der Waals surface area (Å²) >= 11 is 1.61. The number of carbonyl (C=O) groups is 2. The zero-order valence-electron chi connectivity index (χ0n) is 17.1. The first-order valence-corrected chi connectivity index (χ1v) is 11.3. The maximum Gasteiger partial charge on any atom is 0.270 e. The predicted octanol–water partition coefficient (Wildman–Crippen LogP) is 1.08. The Labute approximate surface area is 182 Å². The van der Waals surface area contributed by atoms with Gasteiger partial charge in [-0.1, -0.05) is 5.21 Å². The van der Waals surface area contributed by atoms with Crippen LogP contribution in [0.4, 0.5) is 0 Å². The molecule has 31 heavy (non-hydrogen) atoms. The third-order valence-electron chi connectivity index (χ3n) is 5.39. The van der Waals surface area contributed by atoms with E-state index in [0.29, 0.717) is 25.3 Å². The van der Waals surface area contributed by atoms with Crippen LogP contribution in [0.3, 0.4) is 0 Å². The largest absolute Gasteiger partial charge is 0.364 e. The summed E-state index contributed by atoms with van der Waals surface area (Å²) in [5.74, 6) is -0.125. The van der Waals surface area contributed by atoms with E-state index in [1.54, 1.807) is 16.0 Å². The van der Waals surface area contributed by atoms with Crippen LogP contribution in [0, 0.1) is 0 Å².